The van der Waals surface area contributed by atoms with Crippen molar-refractivity contribution in [3.8, 4) is 5.75 Å². The Balaban J connectivity index is 2.08. The number of ether oxygens (including phenoxy) is 1. The second-order valence-corrected chi connectivity index (χ2v) is 5.67. The number of aryl methyl sites for hydroxylation is 1. The summed E-state index contributed by atoms with van der Waals surface area (Å²) in [7, 11) is 1.56. The molecule has 0 aliphatic rings. The van der Waals surface area contributed by atoms with Gasteiger partial charge in [-0.2, -0.15) is 0 Å². The lowest BCUT2D eigenvalue weighted by atomic mass is 10.1. The van der Waals surface area contributed by atoms with E-state index in [1.54, 1.807) is 49.6 Å². The van der Waals surface area contributed by atoms with Gasteiger partial charge >= 0.3 is 0 Å². The molecule has 0 bridgehead atoms. The Morgan fingerprint density at radius 2 is 1.96 bits per heavy atom. The third-order valence-corrected chi connectivity index (χ3v) is 3.85. The lowest BCUT2D eigenvalue weighted by Crippen LogP contribution is -2.38. The highest BCUT2D eigenvalue weighted by Crippen LogP contribution is 2.17. The number of likely N-dealkylation sites (N-methyl/N-ethyl adjacent to an activating group) is 1. The maximum atomic E-state index is 12.7. The fourth-order valence-electron chi connectivity index (χ4n) is 2.44. The van der Waals surface area contributed by atoms with E-state index in [0.717, 1.165) is 5.56 Å². The van der Waals surface area contributed by atoms with Gasteiger partial charge in [-0.3, -0.25) is 9.59 Å². The number of nitrogens with two attached hydrogens (primary N) is 1. The van der Waals surface area contributed by atoms with Crippen LogP contribution in [0.1, 0.15) is 22.8 Å². The molecule has 0 aliphatic carbocycles. The van der Waals surface area contributed by atoms with Gasteiger partial charge in [0, 0.05) is 29.5 Å². The summed E-state index contributed by atoms with van der Waals surface area (Å²) in [5.74, 6) is 0.162. The van der Waals surface area contributed by atoms with E-state index in [-0.39, 0.29) is 18.4 Å². The normalized spacial score (nSPS) is 10.2. The van der Waals surface area contributed by atoms with Crippen LogP contribution in [0.3, 0.4) is 0 Å². The summed E-state index contributed by atoms with van der Waals surface area (Å²) in [5, 5.41) is 2.78. The predicted molar refractivity (Wildman–Crippen MR) is 98.8 cm³/mol. The van der Waals surface area contributed by atoms with Crippen LogP contribution in [-0.4, -0.2) is 36.9 Å². The van der Waals surface area contributed by atoms with E-state index >= 15 is 0 Å². The fraction of sp³-hybridized carbons (Fsp3) is 0.263. The van der Waals surface area contributed by atoms with Crippen molar-refractivity contribution in [1.29, 1.82) is 0 Å². The summed E-state index contributed by atoms with van der Waals surface area (Å²) < 4.78 is 5.13. The molecule has 0 heterocycles. The molecule has 2 aromatic rings. The molecule has 25 heavy (non-hydrogen) atoms. The number of anilines is 2. The molecule has 132 valence electrons. The molecule has 6 nitrogen and oxygen atoms in total. The largest absolute Gasteiger partial charge is 0.497 e. The molecule has 3 N–H and O–H groups in total. The molecule has 0 radical (unpaired) electrons. The third kappa shape index (κ3) is 4.73. The molecule has 0 unspecified atom stereocenters. The summed E-state index contributed by atoms with van der Waals surface area (Å²) in [6.07, 6.45) is 0. The van der Waals surface area contributed by atoms with Crippen LogP contribution >= 0.6 is 0 Å². The van der Waals surface area contributed by atoms with Crippen LogP contribution in [0.5, 0.6) is 5.75 Å². The number of hydrogen-bond acceptors (Lipinski definition) is 4. The Morgan fingerprint density at radius 1 is 1.20 bits per heavy atom. The van der Waals surface area contributed by atoms with E-state index in [2.05, 4.69) is 5.32 Å². The Morgan fingerprint density at radius 3 is 2.64 bits per heavy atom. The molecule has 2 rings (SSSR count). The number of carbonyl (C=O) groups excluding carboxylic acids is 2. The van der Waals surface area contributed by atoms with Crippen LogP contribution in [0, 0.1) is 6.92 Å². The number of methoxy groups -OCH3 is 1. The molecule has 0 saturated heterocycles. The van der Waals surface area contributed by atoms with Crippen LogP contribution in [0.15, 0.2) is 42.5 Å². The molecule has 2 aromatic carbocycles. The number of amides is 2. The lowest BCUT2D eigenvalue weighted by Gasteiger charge is -2.21. The summed E-state index contributed by atoms with van der Waals surface area (Å²) in [5.41, 5.74) is 8.25. The quantitative estimate of drug-likeness (QED) is 0.791. The van der Waals surface area contributed by atoms with Gasteiger partial charge in [-0.15, -0.1) is 0 Å². The molecular formula is C19H23N3O3. The summed E-state index contributed by atoms with van der Waals surface area (Å²) >= 11 is 0. The Labute approximate surface area is 147 Å². The zero-order valence-electron chi connectivity index (χ0n) is 14.7. The van der Waals surface area contributed by atoms with Gasteiger partial charge in [0.25, 0.3) is 5.91 Å². The first-order chi connectivity index (χ1) is 11.9. The van der Waals surface area contributed by atoms with Crippen molar-refractivity contribution < 1.29 is 14.3 Å². The van der Waals surface area contributed by atoms with Crippen molar-refractivity contribution in [3.63, 3.8) is 0 Å². The van der Waals surface area contributed by atoms with E-state index in [9.17, 15) is 9.59 Å². The highest BCUT2D eigenvalue weighted by atomic mass is 16.5. The summed E-state index contributed by atoms with van der Waals surface area (Å²) in [6, 6.07) is 12.2. The van der Waals surface area contributed by atoms with Crippen molar-refractivity contribution in [2.45, 2.75) is 13.8 Å². The van der Waals surface area contributed by atoms with Crippen molar-refractivity contribution in [3.05, 3.63) is 53.6 Å². The summed E-state index contributed by atoms with van der Waals surface area (Å²) in [6.45, 7) is 4.05. The number of benzene rings is 2. The highest BCUT2D eigenvalue weighted by Gasteiger charge is 2.19. The second kappa shape index (κ2) is 8.19. The number of hydrogen-bond donors (Lipinski definition) is 2. The molecule has 0 aromatic heterocycles. The number of carbonyl (C=O) groups is 2. The maximum Gasteiger partial charge on any atom is 0.254 e. The minimum absolute atomic E-state index is 0.0409. The highest BCUT2D eigenvalue weighted by molar-refractivity contribution is 6.00. The van der Waals surface area contributed by atoms with Crippen molar-refractivity contribution >= 4 is 23.2 Å². The summed E-state index contributed by atoms with van der Waals surface area (Å²) in [4.78, 5) is 26.5. The van der Waals surface area contributed by atoms with Gasteiger partial charge < -0.3 is 20.7 Å². The number of nitrogens with zero attached hydrogens (tertiary/aromatic N) is 1. The van der Waals surface area contributed by atoms with Gasteiger partial charge in [0.05, 0.1) is 7.11 Å². The van der Waals surface area contributed by atoms with Gasteiger partial charge in [0.2, 0.25) is 5.91 Å². The first-order valence-electron chi connectivity index (χ1n) is 8.04. The minimum atomic E-state index is -0.273. The molecule has 0 aliphatic heterocycles. The van der Waals surface area contributed by atoms with E-state index < -0.39 is 0 Å². The van der Waals surface area contributed by atoms with Crippen LogP contribution < -0.4 is 15.8 Å². The molecule has 0 atom stereocenters. The van der Waals surface area contributed by atoms with Gasteiger partial charge in [-0.1, -0.05) is 12.1 Å². The standard InChI is InChI=1S/C19H23N3O3/c1-4-22(19(24)17-10-14(20)9-8-13(17)2)12-18(23)21-15-6-5-7-16(11-15)25-3/h5-11H,4,12,20H2,1-3H3,(H,21,23). The SMILES string of the molecule is CCN(CC(=O)Nc1cccc(OC)c1)C(=O)c1cc(N)ccc1C. The number of nitrogen functional groups attached to an aromatic ring is 1. The topological polar surface area (TPSA) is 84.7 Å². The van der Waals surface area contributed by atoms with E-state index in [1.165, 1.54) is 4.90 Å². The average molecular weight is 341 g/mol. The fourth-order valence-corrected chi connectivity index (χ4v) is 2.44. The molecular weight excluding hydrogens is 318 g/mol. The minimum Gasteiger partial charge on any atom is -0.497 e. The lowest BCUT2D eigenvalue weighted by molar-refractivity contribution is -0.116. The van der Waals surface area contributed by atoms with Gasteiger partial charge in [-0.05, 0) is 43.7 Å². The first kappa shape index (κ1) is 18.3. The van der Waals surface area contributed by atoms with Crippen LogP contribution in [0.4, 0.5) is 11.4 Å². The smallest absolute Gasteiger partial charge is 0.254 e. The third-order valence-electron chi connectivity index (χ3n) is 3.85. The zero-order valence-corrected chi connectivity index (χ0v) is 14.7. The second-order valence-electron chi connectivity index (χ2n) is 5.67. The van der Waals surface area contributed by atoms with Crippen molar-refractivity contribution in [2.24, 2.45) is 0 Å². The van der Waals surface area contributed by atoms with Crippen LogP contribution in [0.2, 0.25) is 0 Å². The van der Waals surface area contributed by atoms with Gasteiger partial charge in [0.15, 0.2) is 0 Å². The zero-order chi connectivity index (χ0) is 18.4. The maximum absolute atomic E-state index is 12.7. The Kier molecular flexibility index (Phi) is 6.00. The van der Waals surface area contributed by atoms with Crippen molar-refractivity contribution in [1.82, 2.24) is 4.90 Å². The Bertz CT molecular complexity index is 774. The number of rotatable bonds is 6. The Hall–Kier alpha value is -3.02. The molecule has 0 spiro atoms. The number of nitrogens with one attached hydrogen (secondary N) is 1. The monoisotopic (exact) mass is 341 g/mol. The molecule has 6 heteroatoms. The van der Waals surface area contributed by atoms with Gasteiger partial charge in [0.1, 0.15) is 12.3 Å². The van der Waals surface area contributed by atoms with Crippen LogP contribution in [0.25, 0.3) is 0 Å². The predicted octanol–water partition coefficient (Wildman–Crippen LogP) is 2.69. The van der Waals surface area contributed by atoms with Crippen LogP contribution in [-0.2, 0) is 4.79 Å². The van der Waals surface area contributed by atoms with Gasteiger partial charge in [-0.25, -0.2) is 0 Å². The van der Waals surface area contributed by atoms with E-state index in [0.29, 0.717) is 29.2 Å². The molecule has 0 fully saturated rings. The average Bonchev–Trinajstić information content (AvgIpc) is 2.61. The molecule has 0 saturated carbocycles. The van der Waals surface area contributed by atoms with Crippen molar-refractivity contribution in [2.75, 3.05) is 31.2 Å². The van der Waals surface area contributed by atoms with E-state index in [4.69, 9.17) is 10.5 Å². The van der Waals surface area contributed by atoms with E-state index in [1.807, 2.05) is 13.8 Å². The first-order valence-corrected chi connectivity index (χ1v) is 8.04. The molecule has 2 amide bonds.